The number of aryl methyl sites for hydroxylation is 1. The number of H-pyrrole nitrogens is 2. The van der Waals surface area contributed by atoms with Gasteiger partial charge in [-0.1, -0.05) is 68.8 Å². The van der Waals surface area contributed by atoms with Gasteiger partial charge in [-0.25, -0.2) is 24.5 Å². The van der Waals surface area contributed by atoms with Crippen molar-refractivity contribution in [2.24, 2.45) is 0 Å². The molecule has 1 fully saturated rings. The Hall–Kier alpha value is -6.97. The summed E-state index contributed by atoms with van der Waals surface area (Å²) in [6.45, 7) is 5.08. The minimum Gasteiger partial charge on any atom is -0.453 e. The number of nitrogens with zero attached hydrogens (tertiary/aromatic N) is 4. The molecule has 1 aliphatic rings. The number of imidazole rings is 2. The summed E-state index contributed by atoms with van der Waals surface area (Å²) in [5, 5.41) is 7.55. The summed E-state index contributed by atoms with van der Waals surface area (Å²) in [5.74, 6) is 1.58. The molecular weight excluding hydrogens is 767 g/mol. The van der Waals surface area contributed by atoms with Crippen molar-refractivity contribution in [1.29, 1.82) is 0 Å². The van der Waals surface area contributed by atoms with E-state index in [9.17, 15) is 19.2 Å². The van der Waals surface area contributed by atoms with Gasteiger partial charge in [0.15, 0.2) is 5.58 Å². The molecule has 3 aromatic heterocycles. The summed E-state index contributed by atoms with van der Waals surface area (Å²) in [6, 6.07) is 25.4. The zero-order valence-corrected chi connectivity index (χ0v) is 34.5. The average molecular weight is 820 g/mol. The van der Waals surface area contributed by atoms with Crippen LogP contribution in [0.5, 0.6) is 0 Å². The van der Waals surface area contributed by atoms with E-state index < -0.39 is 12.2 Å². The number of likely N-dealkylation sites (tertiary alicyclic amines) is 1. The first-order chi connectivity index (χ1) is 29.2. The van der Waals surface area contributed by atoms with Crippen LogP contribution in [0.2, 0.25) is 0 Å². The first-order valence-corrected chi connectivity index (χ1v) is 20.0. The number of fused-ring (bicyclic) bond motifs is 1. The van der Waals surface area contributed by atoms with Crippen LogP contribution in [0, 0.1) is 0 Å². The fourth-order valence-corrected chi connectivity index (χ4v) is 6.29. The van der Waals surface area contributed by atoms with E-state index in [4.69, 9.17) is 9.40 Å². The van der Waals surface area contributed by atoms with Crippen LogP contribution in [0.1, 0.15) is 63.6 Å². The molecule has 0 spiro atoms. The molecule has 1 unspecified atom stereocenters. The van der Waals surface area contributed by atoms with E-state index in [-0.39, 0.29) is 30.9 Å². The summed E-state index contributed by atoms with van der Waals surface area (Å²) >= 11 is 0. The maximum absolute atomic E-state index is 12.7. The molecule has 4 heterocycles. The van der Waals surface area contributed by atoms with Crippen LogP contribution >= 0.6 is 0 Å². The highest BCUT2D eigenvalue weighted by Gasteiger charge is 2.32. The zero-order chi connectivity index (χ0) is 42.7. The predicted octanol–water partition coefficient (Wildman–Crippen LogP) is 7.19. The molecule has 16 heteroatoms. The van der Waals surface area contributed by atoms with Crippen molar-refractivity contribution in [2.45, 2.75) is 58.4 Å². The van der Waals surface area contributed by atoms with E-state index in [2.05, 4.69) is 59.2 Å². The lowest BCUT2D eigenvalue weighted by molar-refractivity contribution is -0.131. The number of aromatic amines is 2. The monoisotopic (exact) mass is 819 g/mol. The smallest absolute Gasteiger partial charge is 0.407 e. The fourth-order valence-electron chi connectivity index (χ4n) is 6.29. The molecule has 5 N–H and O–H groups in total. The Morgan fingerprint density at radius 2 is 1.40 bits per heavy atom. The number of nitrogens with one attached hydrogen (secondary N) is 5. The number of aromatic nitrogens is 5. The van der Waals surface area contributed by atoms with Gasteiger partial charge in [0.2, 0.25) is 17.7 Å². The number of carbonyl (C=O) groups excluding carboxylic acids is 4. The number of hydrogen-bond acceptors (Lipinski definition) is 10. The molecule has 6 aromatic rings. The lowest BCUT2D eigenvalue weighted by Gasteiger charge is -2.23. The number of oxazole rings is 1. The van der Waals surface area contributed by atoms with Gasteiger partial charge in [-0.05, 0) is 61.6 Å². The molecule has 1 atom stereocenters. The maximum atomic E-state index is 12.7. The number of rotatable bonds is 13. The van der Waals surface area contributed by atoms with Gasteiger partial charge in [0.25, 0.3) is 0 Å². The summed E-state index contributed by atoms with van der Waals surface area (Å²) in [4.78, 5) is 69.3. The predicted molar refractivity (Wildman–Crippen MR) is 227 cm³/mol. The molecular formula is C44H53N9O7. The third kappa shape index (κ3) is 12.8. The topological polar surface area (TPSA) is 209 Å². The third-order valence-electron chi connectivity index (χ3n) is 9.23. The Morgan fingerprint density at radius 3 is 2.08 bits per heavy atom. The van der Waals surface area contributed by atoms with Gasteiger partial charge in [-0.15, -0.1) is 0 Å². The van der Waals surface area contributed by atoms with E-state index >= 15 is 0 Å². The van der Waals surface area contributed by atoms with Crippen LogP contribution < -0.4 is 16.0 Å². The van der Waals surface area contributed by atoms with E-state index in [1.165, 1.54) is 20.6 Å². The first kappa shape index (κ1) is 44.1. The van der Waals surface area contributed by atoms with E-state index in [0.717, 1.165) is 71.5 Å². The Labute approximate surface area is 348 Å². The molecule has 0 radical (unpaired) electrons. The van der Waals surface area contributed by atoms with Crippen LogP contribution in [0.25, 0.3) is 45.1 Å². The molecule has 316 valence electrons. The number of amides is 4. The highest BCUT2D eigenvalue weighted by molar-refractivity contribution is 5.84. The van der Waals surface area contributed by atoms with Crippen molar-refractivity contribution in [3.05, 3.63) is 103 Å². The average Bonchev–Trinajstić information content (AvgIpc) is 4.12. The molecule has 16 nitrogen and oxygen atoms in total. The Balaban J connectivity index is 0.000000679. The molecule has 3 aromatic carbocycles. The molecule has 1 aliphatic heterocycles. The van der Waals surface area contributed by atoms with Gasteiger partial charge >= 0.3 is 12.2 Å². The highest BCUT2D eigenvalue weighted by Crippen LogP contribution is 2.33. The van der Waals surface area contributed by atoms with Crippen LogP contribution in [0.4, 0.5) is 9.59 Å². The quantitative estimate of drug-likeness (QED) is 0.0741. The molecule has 4 amide bonds. The normalized spacial score (nSPS) is 13.0. The SMILES string of the molecule is CCC.COC(=O)NCC(=O)NCCCCc1ncc(-c2ccc3oc(-c4ccc(-c5cnc(C6CCCN6C(=O)CNC(=O)OC)[nH]5)cc4)nc3c2)[nH]1.c1ccccc1. The summed E-state index contributed by atoms with van der Waals surface area (Å²) in [5.41, 5.74) is 5.74. The third-order valence-corrected chi connectivity index (χ3v) is 9.23. The number of hydrogen-bond donors (Lipinski definition) is 5. The Bertz CT molecular complexity index is 2240. The van der Waals surface area contributed by atoms with Gasteiger partial charge < -0.3 is 44.7 Å². The van der Waals surface area contributed by atoms with E-state index in [0.29, 0.717) is 30.4 Å². The minimum atomic E-state index is -0.645. The number of alkyl carbamates (subject to hydrolysis) is 2. The highest BCUT2D eigenvalue weighted by atomic mass is 16.5. The van der Waals surface area contributed by atoms with Gasteiger partial charge in [0.05, 0.1) is 50.6 Å². The number of ether oxygens (including phenoxy) is 2. The number of unbranched alkanes of at least 4 members (excludes halogenated alkanes) is 1. The lowest BCUT2D eigenvalue weighted by atomic mass is 10.1. The largest absolute Gasteiger partial charge is 0.453 e. The lowest BCUT2D eigenvalue weighted by Crippen LogP contribution is -2.40. The van der Waals surface area contributed by atoms with Crippen LogP contribution in [0.3, 0.4) is 0 Å². The summed E-state index contributed by atoms with van der Waals surface area (Å²) < 4.78 is 15.1. The number of methoxy groups -OCH3 is 2. The fraction of sp³-hybridized carbons (Fsp3) is 0.341. The van der Waals surface area contributed by atoms with Crippen molar-refractivity contribution in [2.75, 3.05) is 40.4 Å². The first-order valence-electron chi connectivity index (χ1n) is 20.0. The van der Waals surface area contributed by atoms with Crippen molar-refractivity contribution in [1.82, 2.24) is 45.8 Å². The Kier molecular flexibility index (Phi) is 16.8. The second-order valence-electron chi connectivity index (χ2n) is 13.8. The van der Waals surface area contributed by atoms with Gasteiger partial charge in [0.1, 0.15) is 23.7 Å². The van der Waals surface area contributed by atoms with E-state index in [1.54, 1.807) is 17.3 Å². The molecule has 0 aliphatic carbocycles. The Morgan fingerprint density at radius 1 is 0.783 bits per heavy atom. The van der Waals surface area contributed by atoms with Crippen LogP contribution in [-0.2, 0) is 25.5 Å². The minimum absolute atomic E-state index is 0.127. The number of carbonyl (C=O) groups is 4. The van der Waals surface area contributed by atoms with Crippen molar-refractivity contribution in [3.63, 3.8) is 0 Å². The van der Waals surface area contributed by atoms with Gasteiger partial charge in [0, 0.05) is 30.6 Å². The van der Waals surface area contributed by atoms with Crippen LogP contribution in [-0.4, -0.2) is 94.2 Å². The molecule has 0 bridgehead atoms. The van der Waals surface area contributed by atoms with E-state index in [1.807, 2.05) is 78.9 Å². The maximum Gasteiger partial charge on any atom is 0.407 e. The summed E-state index contributed by atoms with van der Waals surface area (Å²) in [6.07, 6.45) is 7.44. The second kappa shape index (κ2) is 22.8. The summed E-state index contributed by atoms with van der Waals surface area (Å²) in [7, 11) is 2.50. The zero-order valence-electron chi connectivity index (χ0n) is 34.5. The standard InChI is InChI=1S/C35H39N9O7.C6H6.C3H8/c1-49-34(47)39-19-30(45)36-14-4-3-7-29-37-17-26(41-29)23-12-13-28-24(16-23)43-33(51-28)22-10-8-21(9-11-22)25-18-38-32(42-25)27-6-5-15-44(27)31(46)20-40-35(48)50-2;1-2-4-6-5-3-1;1-3-2/h8-13,16-18,27H,3-7,14-15,19-20H2,1-2H3,(H,36,45)(H,37,41)(H,38,42)(H,39,47)(H,40,48);1-6H;3H2,1-2H3. The number of benzene rings is 3. The second-order valence-corrected chi connectivity index (χ2v) is 13.8. The van der Waals surface area contributed by atoms with Crippen molar-refractivity contribution < 1.29 is 33.1 Å². The molecule has 1 saturated heterocycles. The van der Waals surface area contributed by atoms with Crippen molar-refractivity contribution in [3.8, 4) is 34.0 Å². The van der Waals surface area contributed by atoms with Gasteiger partial charge in [-0.2, -0.15) is 0 Å². The molecule has 60 heavy (non-hydrogen) atoms. The van der Waals surface area contributed by atoms with Gasteiger partial charge in [-0.3, -0.25) is 9.59 Å². The molecule has 0 saturated carbocycles. The van der Waals surface area contributed by atoms with Crippen LogP contribution in [0.15, 0.2) is 95.7 Å². The molecule has 7 rings (SSSR count). The van der Waals surface area contributed by atoms with Crippen molar-refractivity contribution >= 4 is 35.1 Å².